The van der Waals surface area contributed by atoms with Crippen molar-refractivity contribution in [2.75, 3.05) is 0 Å². The summed E-state index contributed by atoms with van der Waals surface area (Å²) in [4.78, 5) is 0. The van der Waals surface area contributed by atoms with Crippen molar-refractivity contribution in [2.45, 2.75) is 20.3 Å². The van der Waals surface area contributed by atoms with Crippen LogP contribution in [0.3, 0.4) is 0 Å². The Hall–Kier alpha value is -0.170. The van der Waals surface area contributed by atoms with E-state index in [1.54, 1.807) is 5.37 Å². The van der Waals surface area contributed by atoms with E-state index in [2.05, 4.69) is 26.1 Å². The van der Waals surface area contributed by atoms with E-state index < -0.39 is 0 Å². The van der Waals surface area contributed by atoms with Gasteiger partial charge in [-0.25, -0.2) is 0 Å². The molecule has 0 aliphatic rings. The van der Waals surface area contributed by atoms with Crippen LogP contribution in [0.25, 0.3) is 0 Å². The van der Waals surface area contributed by atoms with Gasteiger partial charge in [-0.1, -0.05) is 30.8 Å². The van der Waals surface area contributed by atoms with Crippen molar-refractivity contribution in [2.24, 2.45) is 0 Å². The molecule has 0 bridgehead atoms. The Morgan fingerprint density at radius 3 is 2.43 bits per heavy atom. The molecule has 0 unspecified atom stereocenters. The minimum atomic E-state index is 1.10. The number of thiocarbonyl (C=S) groups is 1. The van der Waals surface area contributed by atoms with E-state index in [0.29, 0.717) is 0 Å². The zero-order valence-corrected chi connectivity index (χ0v) is 5.59. The van der Waals surface area contributed by atoms with E-state index in [-0.39, 0.29) is 0 Å². The van der Waals surface area contributed by atoms with Crippen molar-refractivity contribution in [1.82, 2.24) is 0 Å². The lowest BCUT2D eigenvalue weighted by Gasteiger charge is -1.85. The third kappa shape index (κ3) is 3.67. The van der Waals surface area contributed by atoms with Gasteiger partial charge in [0.2, 0.25) is 0 Å². The van der Waals surface area contributed by atoms with Gasteiger partial charge in [0.25, 0.3) is 0 Å². The second-order valence-corrected chi connectivity index (χ2v) is 1.77. The second kappa shape index (κ2) is 4.00. The maximum atomic E-state index is 4.59. The average Bonchev–Trinajstić information content (AvgIpc) is 1.68. The summed E-state index contributed by atoms with van der Waals surface area (Å²) >= 11 is 4.59. The van der Waals surface area contributed by atoms with Crippen molar-refractivity contribution >= 4 is 17.6 Å². The topological polar surface area (TPSA) is 0 Å². The van der Waals surface area contributed by atoms with Gasteiger partial charge in [0, 0.05) is 5.37 Å². The number of hydrogen-bond acceptors (Lipinski definition) is 1. The molecule has 0 aliphatic carbocycles. The highest BCUT2D eigenvalue weighted by Crippen LogP contribution is 1.94. The first kappa shape index (κ1) is 6.83. The molecule has 0 aromatic heterocycles. The summed E-state index contributed by atoms with van der Waals surface area (Å²) in [5, 5.41) is 1.65. The molecular formula is C6H10S. The molecule has 0 radical (unpaired) electrons. The van der Waals surface area contributed by atoms with Gasteiger partial charge in [-0.15, -0.1) is 0 Å². The average molecular weight is 114 g/mol. The van der Waals surface area contributed by atoms with Crippen molar-refractivity contribution in [3.05, 3.63) is 11.6 Å². The number of rotatable bonds is 2. The van der Waals surface area contributed by atoms with Crippen molar-refractivity contribution in [3.8, 4) is 0 Å². The van der Waals surface area contributed by atoms with E-state index >= 15 is 0 Å². The standard InChI is InChI=1S/C6H10S/c1-3-6(2)4-5-7/h4-5H,3H2,1-2H3. The maximum Gasteiger partial charge on any atom is 0.00129 e. The Kier molecular flexibility index (Phi) is 3.90. The van der Waals surface area contributed by atoms with Gasteiger partial charge in [0.1, 0.15) is 0 Å². The van der Waals surface area contributed by atoms with E-state index in [1.807, 2.05) is 6.08 Å². The molecule has 0 aromatic rings. The van der Waals surface area contributed by atoms with Crippen LogP contribution in [0.15, 0.2) is 11.6 Å². The molecule has 0 N–H and O–H groups in total. The molecule has 0 spiro atoms. The van der Waals surface area contributed by atoms with Crippen LogP contribution in [0.4, 0.5) is 0 Å². The van der Waals surface area contributed by atoms with Gasteiger partial charge in [-0.2, -0.15) is 0 Å². The number of hydrogen-bond donors (Lipinski definition) is 0. The molecule has 1 heteroatoms. The fourth-order valence-electron chi connectivity index (χ4n) is 0.234. The third-order valence-electron chi connectivity index (χ3n) is 0.910. The zero-order valence-electron chi connectivity index (χ0n) is 4.77. The van der Waals surface area contributed by atoms with Crippen LogP contribution < -0.4 is 0 Å². The van der Waals surface area contributed by atoms with Crippen LogP contribution in [-0.4, -0.2) is 5.37 Å². The number of allylic oxidation sites excluding steroid dienone is 2. The minimum Gasteiger partial charge on any atom is -0.0887 e. The molecule has 0 fully saturated rings. The van der Waals surface area contributed by atoms with Crippen LogP contribution in [0, 0.1) is 0 Å². The fourth-order valence-corrected chi connectivity index (χ4v) is 0.466. The van der Waals surface area contributed by atoms with E-state index in [1.165, 1.54) is 5.57 Å². The van der Waals surface area contributed by atoms with Gasteiger partial charge in [0.05, 0.1) is 0 Å². The van der Waals surface area contributed by atoms with E-state index in [9.17, 15) is 0 Å². The molecule has 40 valence electrons. The largest absolute Gasteiger partial charge is 0.0887 e. The molecule has 0 aliphatic heterocycles. The molecule has 0 rings (SSSR count). The predicted octanol–water partition coefficient (Wildman–Crippen LogP) is 2.34. The summed E-state index contributed by atoms with van der Waals surface area (Å²) in [6, 6.07) is 0. The zero-order chi connectivity index (χ0) is 5.70. The lowest BCUT2D eigenvalue weighted by atomic mass is 10.2. The summed E-state index contributed by atoms with van der Waals surface area (Å²) in [6.45, 7) is 4.19. The molecule has 0 heterocycles. The van der Waals surface area contributed by atoms with Crippen LogP contribution in [-0.2, 0) is 0 Å². The monoisotopic (exact) mass is 114 g/mol. The normalized spacial score (nSPS) is 11.4. The highest BCUT2D eigenvalue weighted by atomic mass is 32.1. The van der Waals surface area contributed by atoms with Crippen molar-refractivity contribution in [3.63, 3.8) is 0 Å². The molecule has 0 saturated carbocycles. The van der Waals surface area contributed by atoms with Crippen molar-refractivity contribution in [1.29, 1.82) is 0 Å². The highest BCUT2D eigenvalue weighted by Gasteiger charge is 1.75. The SMILES string of the molecule is CCC(C)=CC=S. The van der Waals surface area contributed by atoms with Crippen LogP contribution in [0.1, 0.15) is 20.3 Å². The summed E-state index contributed by atoms with van der Waals surface area (Å²) < 4.78 is 0. The Balaban J connectivity index is 3.49. The summed E-state index contributed by atoms with van der Waals surface area (Å²) in [7, 11) is 0. The predicted molar refractivity (Wildman–Crippen MR) is 37.7 cm³/mol. The molecule has 0 aromatic carbocycles. The smallest absolute Gasteiger partial charge is 0.00129 e. The van der Waals surface area contributed by atoms with Crippen molar-refractivity contribution < 1.29 is 0 Å². The molecule has 0 saturated heterocycles. The van der Waals surface area contributed by atoms with Gasteiger partial charge in [-0.3, -0.25) is 0 Å². The third-order valence-corrected chi connectivity index (χ3v) is 1.05. The Bertz CT molecular complexity index is 82.2. The van der Waals surface area contributed by atoms with Gasteiger partial charge in [0.15, 0.2) is 0 Å². The van der Waals surface area contributed by atoms with Crippen LogP contribution in [0.2, 0.25) is 0 Å². The molecule has 7 heavy (non-hydrogen) atoms. The van der Waals surface area contributed by atoms with E-state index in [0.717, 1.165) is 6.42 Å². The lowest BCUT2D eigenvalue weighted by molar-refractivity contribution is 1.10. The molecular weight excluding hydrogens is 104 g/mol. The Labute approximate surface area is 50.2 Å². The summed E-state index contributed by atoms with van der Waals surface area (Å²) in [6.07, 6.45) is 3.06. The van der Waals surface area contributed by atoms with E-state index in [4.69, 9.17) is 0 Å². The van der Waals surface area contributed by atoms with Crippen LogP contribution >= 0.6 is 12.2 Å². The van der Waals surface area contributed by atoms with Gasteiger partial charge >= 0.3 is 0 Å². The van der Waals surface area contributed by atoms with Gasteiger partial charge < -0.3 is 0 Å². The quantitative estimate of drug-likeness (QED) is 0.392. The fraction of sp³-hybridized carbons (Fsp3) is 0.500. The Morgan fingerprint density at radius 2 is 2.29 bits per heavy atom. The molecule has 0 atom stereocenters. The highest BCUT2D eigenvalue weighted by molar-refractivity contribution is 7.79. The first-order valence-corrected chi connectivity index (χ1v) is 2.89. The maximum absolute atomic E-state index is 4.59. The summed E-state index contributed by atoms with van der Waals surface area (Å²) in [5.41, 5.74) is 1.34. The van der Waals surface area contributed by atoms with Gasteiger partial charge in [-0.05, 0) is 13.3 Å². The van der Waals surface area contributed by atoms with Crippen LogP contribution in [0.5, 0.6) is 0 Å². The lowest BCUT2D eigenvalue weighted by Crippen LogP contribution is -1.68. The first-order chi connectivity index (χ1) is 3.31. The first-order valence-electron chi connectivity index (χ1n) is 2.42. The minimum absolute atomic E-state index is 1.10. The molecule has 0 amide bonds. The Morgan fingerprint density at radius 1 is 1.71 bits per heavy atom. The second-order valence-electron chi connectivity index (χ2n) is 1.50. The molecule has 0 nitrogen and oxygen atoms in total. The summed E-state index contributed by atoms with van der Waals surface area (Å²) in [5.74, 6) is 0.